The van der Waals surface area contributed by atoms with E-state index in [-0.39, 0.29) is 11.7 Å². The summed E-state index contributed by atoms with van der Waals surface area (Å²) in [7, 11) is -1.05. The van der Waals surface area contributed by atoms with Crippen molar-refractivity contribution in [3.8, 4) is 0 Å². The minimum absolute atomic E-state index is 0.00616. The molecule has 1 unspecified atom stereocenters. The molecule has 0 amide bonds. The van der Waals surface area contributed by atoms with Gasteiger partial charge >= 0.3 is 0 Å². The Morgan fingerprint density at radius 2 is 2.00 bits per heavy atom. The van der Waals surface area contributed by atoms with Gasteiger partial charge in [0, 0.05) is 12.4 Å². The first-order valence-electron chi connectivity index (χ1n) is 6.15. The van der Waals surface area contributed by atoms with Crippen LogP contribution in [0, 0.1) is 11.8 Å². The summed E-state index contributed by atoms with van der Waals surface area (Å²) in [4.78, 5) is 2.28. The zero-order valence-corrected chi connectivity index (χ0v) is 12.2. The van der Waals surface area contributed by atoms with Crippen molar-refractivity contribution in [3.05, 3.63) is 0 Å². The van der Waals surface area contributed by atoms with Gasteiger partial charge in [-0.25, -0.2) is 13.1 Å². The lowest BCUT2D eigenvalue weighted by atomic mass is 9.98. The third kappa shape index (κ3) is 6.04. The zero-order chi connectivity index (χ0) is 12.9. The lowest BCUT2D eigenvalue weighted by Crippen LogP contribution is -2.38. The monoisotopic (exact) mass is 282 g/mol. The van der Waals surface area contributed by atoms with Crippen molar-refractivity contribution in [2.75, 3.05) is 38.3 Å². The first kappa shape index (κ1) is 15.2. The SMILES string of the molecule is CC(CCl)CS(=O)(=O)NCC1CCN(C)CC1. The van der Waals surface area contributed by atoms with Crippen LogP contribution in [-0.2, 0) is 10.0 Å². The molecule has 1 fully saturated rings. The summed E-state index contributed by atoms with van der Waals surface area (Å²) < 4.78 is 26.2. The van der Waals surface area contributed by atoms with Gasteiger partial charge in [0.05, 0.1) is 5.75 Å². The molecule has 1 aliphatic rings. The van der Waals surface area contributed by atoms with Gasteiger partial charge in [-0.1, -0.05) is 6.92 Å². The molecule has 1 aliphatic heterocycles. The molecule has 4 nitrogen and oxygen atoms in total. The highest BCUT2D eigenvalue weighted by Crippen LogP contribution is 2.15. The fourth-order valence-electron chi connectivity index (χ4n) is 1.99. The Labute approximate surface area is 110 Å². The molecule has 1 heterocycles. The number of hydrogen-bond donors (Lipinski definition) is 1. The number of halogens is 1. The maximum Gasteiger partial charge on any atom is 0.211 e. The van der Waals surface area contributed by atoms with E-state index in [1.807, 2.05) is 6.92 Å². The van der Waals surface area contributed by atoms with Crippen molar-refractivity contribution in [1.29, 1.82) is 0 Å². The molecule has 1 N–H and O–H groups in total. The Balaban J connectivity index is 2.29. The molecule has 6 heteroatoms. The Kier molecular flexibility index (Phi) is 6.20. The van der Waals surface area contributed by atoms with Crippen molar-refractivity contribution in [2.24, 2.45) is 11.8 Å². The van der Waals surface area contributed by atoms with Gasteiger partial charge < -0.3 is 4.90 Å². The summed E-state index contributed by atoms with van der Waals surface area (Å²) in [6, 6.07) is 0. The predicted octanol–water partition coefficient (Wildman–Crippen LogP) is 1.12. The Morgan fingerprint density at radius 1 is 1.41 bits per heavy atom. The molecule has 17 heavy (non-hydrogen) atoms. The molecule has 1 rings (SSSR count). The van der Waals surface area contributed by atoms with E-state index in [1.54, 1.807) is 0 Å². The van der Waals surface area contributed by atoms with Crippen LogP contribution >= 0.6 is 11.6 Å². The number of alkyl halides is 1. The number of nitrogens with zero attached hydrogens (tertiary/aromatic N) is 1. The largest absolute Gasteiger partial charge is 0.306 e. The van der Waals surface area contributed by atoms with E-state index >= 15 is 0 Å². The first-order valence-corrected chi connectivity index (χ1v) is 8.33. The first-order chi connectivity index (χ1) is 7.93. The molecule has 1 saturated heterocycles. The van der Waals surface area contributed by atoms with Gasteiger partial charge in [0.2, 0.25) is 10.0 Å². The summed E-state index contributed by atoms with van der Waals surface area (Å²) in [5.74, 6) is 0.997. The van der Waals surface area contributed by atoms with Gasteiger partial charge in [-0.2, -0.15) is 0 Å². The third-order valence-electron chi connectivity index (χ3n) is 3.20. The summed E-state index contributed by atoms with van der Waals surface area (Å²) in [6.07, 6.45) is 2.15. The van der Waals surface area contributed by atoms with Gasteiger partial charge in [-0.3, -0.25) is 0 Å². The van der Waals surface area contributed by atoms with E-state index in [2.05, 4.69) is 16.7 Å². The molecule has 0 bridgehead atoms. The molecule has 0 aromatic carbocycles. The smallest absolute Gasteiger partial charge is 0.211 e. The molecule has 102 valence electrons. The molecule has 0 saturated carbocycles. The lowest BCUT2D eigenvalue weighted by molar-refractivity contribution is 0.220. The van der Waals surface area contributed by atoms with Gasteiger partial charge in [-0.15, -0.1) is 11.6 Å². The number of hydrogen-bond acceptors (Lipinski definition) is 3. The second kappa shape index (κ2) is 6.92. The van der Waals surface area contributed by atoms with E-state index in [4.69, 9.17) is 11.6 Å². The highest BCUT2D eigenvalue weighted by atomic mass is 35.5. The summed E-state index contributed by atoms with van der Waals surface area (Å²) >= 11 is 5.63. The Bertz CT molecular complexity index is 313. The molecule has 0 radical (unpaired) electrons. The van der Waals surface area contributed by atoms with Crippen LogP contribution in [0.15, 0.2) is 0 Å². The number of rotatable bonds is 6. The van der Waals surface area contributed by atoms with Crippen LogP contribution in [0.5, 0.6) is 0 Å². The third-order valence-corrected chi connectivity index (χ3v) is 5.34. The van der Waals surface area contributed by atoms with Gasteiger partial charge in [0.1, 0.15) is 0 Å². The highest BCUT2D eigenvalue weighted by molar-refractivity contribution is 7.89. The summed E-state index contributed by atoms with van der Waals surface area (Å²) in [6.45, 7) is 4.54. The normalized spacial score (nSPS) is 21.6. The lowest BCUT2D eigenvalue weighted by Gasteiger charge is -2.29. The van der Waals surface area contributed by atoms with Crippen molar-refractivity contribution < 1.29 is 8.42 Å². The van der Waals surface area contributed by atoms with Crippen LogP contribution in [-0.4, -0.2) is 51.6 Å². The van der Waals surface area contributed by atoms with Gasteiger partial charge in [0.15, 0.2) is 0 Å². The highest BCUT2D eigenvalue weighted by Gasteiger charge is 2.20. The molecule has 0 aromatic heterocycles. The van der Waals surface area contributed by atoms with E-state index in [9.17, 15) is 8.42 Å². The quantitative estimate of drug-likeness (QED) is 0.743. The maximum atomic E-state index is 11.7. The summed E-state index contributed by atoms with van der Waals surface area (Å²) in [5.41, 5.74) is 0. The second-order valence-electron chi connectivity index (χ2n) is 5.14. The van der Waals surface area contributed by atoms with Gasteiger partial charge in [0.25, 0.3) is 0 Å². The van der Waals surface area contributed by atoms with E-state index < -0.39 is 10.0 Å². The Hall–Kier alpha value is 0.160. The van der Waals surface area contributed by atoms with Crippen LogP contribution in [0.2, 0.25) is 0 Å². The van der Waals surface area contributed by atoms with E-state index in [0.717, 1.165) is 25.9 Å². The molecular formula is C11H23ClN2O2S. The fourth-order valence-corrected chi connectivity index (χ4v) is 3.70. The van der Waals surface area contributed by atoms with Crippen molar-refractivity contribution in [2.45, 2.75) is 19.8 Å². The predicted molar refractivity (Wildman–Crippen MR) is 71.9 cm³/mol. The van der Waals surface area contributed by atoms with Crippen LogP contribution in [0.25, 0.3) is 0 Å². The maximum absolute atomic E-state index is 11.7. The zero-order valence-electron chi connectivity index (χ0n) is 10.7. The second-order valence-corrected chi connectivity index (χ2v) is 7.30. The number of likely N-dealkylation sites (tertiary alicyclic amines) is 1. The van der Waals surface area contributed by atoms with Crippen LogP contribution in [0.3, 0.4) is 0 Å². The van der Waals surface area contributed by atoms with Gasteiger partial charge in [-0.05, 0) is 44.8 Å². The van der Waals surface area contributed by atoms with Crippen LogP contribution in [0.1, 0.15) is 19.8 Å². The molecule has 0 spiro atoms. The molecular weight excluding hydrogens is 260 g/mol. The topological polar surface area (TPSA) is 49.4 Å². The summed E-state index contributed by atoms with van der Waals surface area (Å²) in [5, 5.41) is 0. The molecule has 0 aromatic rings. The molecule has 0 aliphatic carbocycles. The number of piperidine rings is 1. The standard InChI is InChI=1S/C11H23ClN2O2S/c1-10(7-12)9-17(15,16)13-8-11-3-5-14(2)6-4-11/h10-11,13H,3-9H2,1-2H3. The Morgan fingerprint density at radius 3 is 2.53 bits per heavy atom. The average molecular weight is 283 g/mol. The minimum Gasteiger partial charge on any atom is -0.306 e. The van der Waals surface area contributed by atoms with E-state index in [0.29, 0.717) is 18.3 Å². The van der Waals surface area contributed by atoms with Crippen molar-refractivity contribution in [3.63, 3.8) is 0 Å². The fraction of sp³-hybridized carbons (Fsp3) is 1.00. The average Bonchev–Trinajstić information content (AvgIpc) is 2.28. The van der Waals surface area contributed by atoms with Crippen LogP contribution in [0.4, 0.5) is 0 Å². The van der Waals surface area contributed by atoms with Crippen molar-refractivity contribution >= 4 is 21.6 Å². The number of nitrogens with one attached hydrogen (secondary N) is 1. The van der Waals surface area contributed by atoms with Crippen LogP contribution < -0.4 is 4.72 Å². The minimum atomic E-state index is -3.15. The van der Waals surface area contributed by atoms with Crippen molar-refractivity contribution in [1.82, 2.24) is 9.62 Å². The molecule has 1 atom stereocenters. The number of sulfonamides is 1. The van der Waals surface area contributed by atoms with E-state index in [1.165, 1.54) is 0 Å².